The average Bonchev–Trinajstić information content (AvgIpc) is 3.21. The van der Waals surface area contributed by atoms with Crippen molar-refractivity contribution in [3.63, 3.8) is 0 Å². The summed E-state index contributed by atoms with van der Waals surface area (Å²) in [6.45, 7) is 2.39. The second-order valence-corrected chi connectivity index (χ2v) is 10.8. The highest BCUT2D eigenvalue weighted by Gasteiger charge is 2.28. The molecule has 1 amide bonds. The summed E-state index contributed by atoms with van der Waals surface area (Å²) in [6.07, 6.45) is 4.34. The molecule has 0 N–H and O–H groups in total. The zero-order valence-electron chi connectivity index (χ0n) is 20.8. The fourth-order valence-electron chi connectivity index (χ4n) is 5.42. The first-order valence-corrected chi connectivity index (χ1v) is 13.2. The van der Waals surface area contributed by atoms with Gasteiger partial charge in [0.05, 0.1) is 0 Å². The van der Waals surface area contributed by atoms with Crippen LogP contribution in [0.4, 0.5) is 5.69 Å². The van der Waals surface area contributed by atoms with E-state index < -0.39 is 0 Å². The third-order valence-electron chi connectivity index (χ3n) is 6.99. The molecule has 0 fully saturated rings. The molecule has 0 bridgehead atoms. The quantitative estimate of drug-likeness (QED) is 0.272. The smallest absolute Gasteiger partial charge is 0.227 e. The minimum atomic E-state index is 0.184. The van der Waals surface area contributed by atoms with Crippen molar-refractivity contribution in [3.8, 4) is 0 Å². The predicted molar refractivity (Wildman–Crippen MR) is 150 cm³/mol. The molecule has 4 nitrogen and oxygen atoms in total. The molecule has 5 rings (SSSR count). The van der Waals surface area contributed by atoms with E-state index in [9.17, 15) is 4.79 Å². The molecule has 6 heteroatoms. The van der Waals surface area contributed by atoms with E-state index >= 15 is 0 Å². The number of para-hydroxylation sites is 2. The van der Waals surface area contributed by atoms with E-state index in [-0.39, 0.29) is 5.91 Å². The number of aryl methyl sites for hydroxylation is 1. The van der Waals surface area contributed by atoms with E-state index in [1.165, 1.54) is 16.5 Å². The minimum Gasteiger partial charge on any atom is -0.343 e. The lowest BCUT2D eigenvalue weighted by atomic mass is 9.91. The van der Waals surface area contributed by atoms with Crippen LogP contribution in [0.15, 0.2) is 72.9 Å². The second kappa shape index (κ2) is 10.7. The van der Waals surface area contributed by atoms with Crippen LogP contribution in [0.5, 0.6) is 0 Å². The zero-order valence-corrected chi connectivity index (χ0v) is 22.3. The van der Waals surface area contributed by atoms with Gasteiger partial charge in [0.15, 0.2) is 0 Å². The topological polar surface area (TPSA) is 28.5 Å². The zero-order chi connectivity index (χ0) is 25.2. The van der Waals surface area contributed by atoms with Gasteiger partial charge in [0.1, 0.15) is 0 Å². The summed E-state index contributed by atoms with van der Waals surface area (Å²) in [4.78, 5) is 17.8. The number of fused-ring (bicyclic) bond motifs is 2. The Labute approximate surface area is 223 Å². The van der Waals surface area contributed by atoms with Crippen LogP contribution >= 0.6 is 23.2 Å². The van der Waals surface area contributed by atoms with E-state index in [0.717, 1.165) is 36.3 Å². The van der Waals surface area contributed by atoms with Gasteiger partial charge in [-0.2, -0.15) is 0 Å². The van der Waals surface area contributed by atoms with Crippen molar-refractivity contribution >= 4 is 45.7 Å². The Bertz CT molecular complexity index is 1390. The maximum absolute atomic E-state index is 13.6. The van der Waals surface area contributed by atoms with Crippen molar-refractivity contribution in [1.29, 1.82) is 0 Å². The van der Waals surface area contributed by atoms with Crippen molar-refractivity contribution in [3.05, 3.63) is 99.7 Å². The van der Waals surface area contributed by atoms with E-state index in [0.29, 0.717) is 35.3 Å². The van der Waals surface area contributed by atoms with Crippen LogP contribution in [0, 0.1) is 5.92 Å². The van der Waals surface area contributed by atoms with Gasteiger partial charge in [-0.25, -0.2) is 0 Å². The van der Waals surface area contributed by atoms with Crippen LogP contribution in [0.25, 0.3) is 10.9 Å². The number of rotatable bonds is 7. The van der Waals surface area contributed by atoms with E-state index in [1.807, 2.05) is 29.2 Å². The molecule has 2 heterocycles. The monoisotopic (exact) mass is 519 g/mol. The van der Waals surface area contributed by atoms with Crippen LogP contribution in [-0.4, -0.2) is 42.6 Å². The normalized spacial score (nSPS) is 15.5. The van der Waals surface area contributed by atoms with Crippen LogP contribution in [0.3, 0.4) is 0 Å². The number of hydrogen-bond acceptors (Lipinski definition) is 2. The first-order valence-electron chi connectivity index (χ1n) is 12.4. The van der Waals surface area contributed by atoms with Gasteiger partial charge < -0.3 is 14.4 Å². The number of hydrogen-bond donors (Lipinski definition) is 0. The maximum Gasteiger partial charge on any atom is 0.227 e. The Hall–Kier alpha value is -2.79. The Morgan fingerprint density at radius 3 is 2.58 bits per heavy atom. The molecule has 0 radical (unpaired) electrons. The molecule has 1 aliphatic rings. The van der Waals surface area contributed by atoms with E-state index in [4.69, 9.17) is 23.2 Å². The molecule has 36 heavy (non-hydrogen) atoms. The minimum absolute atomic E-state index is 0.184. The Morgan fingerprint density at radius 2 is 1.78 bits per heavy atom. The molecule has 1 atom stereocenters. The number of nitrogens with zero attached hydrogens (tertiary/aromatic N) is 3. The lowest BCUT2D eigenvalue weighted by Gasteiger charge is -2.36. The Kier molecular flexibility index (Phi) is 7.38. The highest BCUT2D eigenvalue weighted by molar-refractivity contribution is 6.35. The van der Waals surface area contributed by atoms with Gasteiger partial charge in [0.25, 0.3) is 0 Å². The number of aromatic nitrogens is 1. The van der Waals surface area contributed by atoms with Gasteiger partial charge in [-0.05, 0) is 73.8 Å². The largest absolute Gasteiger partial charge is 0.343 e. The number of amides is 1. The third-order valence-corrected chi connectivity index (χ3v) is 7.58. The van der Waals surface area contributed by atoms with Gasteiger partial charge in [-0.3, -0.25) is 4.79 Å². The molecule has 1 aromatic heterocycles. The molecular weight excluding hydrogens is 489 g/mol. The molecular formula is C30H31Cl2N3O. The van der Waals surface area contributed by atoms with E-state index in [1.54, 1.807) is 6.07 Å². The van der Waals surface area contributed by atoms with Gasteiger partial charge in [0, 0.05) is 58.9 Å². The lowest BCUT2D eigenvalue weighted by Crippen LogP contribution is -2.43. The summed E-state index contributed by atoms with van der Waals surface area (Å²) in [7, 11) is 4.19. The summed E-state index contributed by atoms with van der Waals surface area (Å²) in [6, 6.07) is 22.3. The standard InChI is InChI=1S/C30H31Cl2N3O/c1-33(2)17-21-15-22-7-3-5-9-28(22)35(18-21)30(36)14-12-23-19-34(29-10-6-4-8-26(23)29)20-24-11-13-25(31)16-27(24)32/h3-11,13,16,19,21H,12,14-15,17-18,20H2,1-2H3. The Morgan fingerprint density at radius 1 is 1.00 bits per heavy atom. The van der Waals surface area contributed by atoms with E-state index in [2.05, 4.69) is 66.2 Å². The van der Waals surface area contributed by atoms with Gasteiger partial charge in [0.2, 0.25) is 5.91 Å². The number of carbonyl (C=O) groups is 1. The fraction of sp³-hybridized carbons (Fsp3) is 0.300. The number of benzene rings is 3. The predicted octanol–water partition coefficient (Wildman–Crippen LogP) is 6.70. The molecule has 4 aromatic rings. The second-order valence-electron chi connectivity index (χ2n) is 10.0. The summed E-state index contributed by atoms with van der Waals surface area (Å²) < 4.78 is 2.22. The number of carbonyl (C=O) groups excluding carboxylic acids is 1. The van der Waals surface area contributed by atoms with Crippen LogP contribution in [0.2, 0.25) is 10.0 Å². The van der Waals surface area contributed by atoms with Gasteiger partial charge in [-0.15, -0.1) is 0 Å². The first-order chi connectivity index (χ1) is 17.4. The Balaban J connectivity index is 1.37. The van der Waals surface area contributed by atoms with Crippen LogP contribution < -0.4 is 4.90 Å². The molecule has 3 aromatic carbocycles. The number of anilines is 1. The van der Waals surface area contributed by atoms with Crippen molar-refractivity contribution < 1.29 is 4.79 Å². The number of halogens is 2. The highest BCUT2D eigenvalue weighted by Crippen LogP contribution is 2.31. The van der Waals surface area contributed by atoms with Crippen molar-refractivity contribution in [2.24, 2.45) is 5.92 Å². The van der Waals surface area contributed by atoms with Crippen LogP contribution in [-0.2, 0) is 24.2 Å². The molecule has 0 spiro atoms. The first kappa shape index (κ1) is 24.9. The fourth-order valence-corrected chi connectivity index (χ4v) is 5.88. The summed E-state index contributed by atoms with van der Waals surface area (Å²) in [5, 5.41) is 2.47. The SMILES string of the molecule is CN(C)CC1Cc2ccccc2N(C(=O)CCc2cn(Cc3ccc(Cl)cc3Cl)c3ccccc23)C1. The summed E-state index contributed by atoms with van der Waals surface area (Å²) >= 11 is 12.5. The average molecular weight is 521 g/mol. The molecule has 1 aliphatic heterocycles. The molecule has 0 aliphatic carbocycles. The van der Waals surface area contributed by atoms with Crippen molar-refractivity contribution in [1.82, 2.24) is 9.47 Å². The summed E-state index contributed by atoms with van der Waals surface area (Å²) in [5.41, 5.74) is 5.67. The molecule has 186 valence electrons. The summed E-state index contributed by atoms with van der Waals surface area (Å²) in [5.74, 6) is 0.619. The molecule has 0 saturated heterocycles. The van der Waals surface area contributed by atoms with Gasteiger partial charge >= 0.3 is 0 Å². The van der Waals surface area contributed by atoms with Gasteiger partial charge in [-0.1, -0.05) is 65.7 Å². The third kappa shape index (κ3) is 5.31. The highest BCUT2D eigenvalue weighted by atomic mass is 35.5. The van der Waals surface area contributed by atoms with Crippen LogP contribution in [0.1, 0.15) is 23.1 Å². The van der Waals surface area contributed by atoms with Crippen molar-refractivity contribution in [2.75, 3.05) is 32.1 Å². The molecule has 0 saturated carbocycles. The lowest BCUT2D eigenvalue weighted by molar-refractivity contribution is -0.118. The maximum atomic E-state index is 13.6. The van der Waals surface area contributed by atoms with Crippen molar-refractivity contribution in [2.45, 2.75) is 25.8 Å². The molecule has 1 unspecified atom stereocenters.